The minimum atomic E-state index is -3.51. The first-order valence-electron chi connectivity index (χ1n) is 6.19. The summed E-state index contributed by atoms with van der Waals surface area (Å²) in [7, 11) is -3.51. The Morgan fingerprint density at radius 2 is 1.65 bits per heavy atom. The minimum Gasteiger partial charge on any atom is -0.321 e. The van der Waals surface area contributed by atoms with Gasteiger partial charge in [0.25, 0.3) is 5.91 Å². The van der Waals surface area contributed by atoms with E-state index in [1.165, 1.54) is 24.3 Å². The molecular formula is C14H11Cl3N2O3S. The van der Waals surface area contributed by atoms with Crippen LogP contribution >= 0.6 is 34.8 Å². The summed E-state index contributed by atoms with van der Waals surface area (Å²) in [6.45, 7) is 0. The van der Waals surface area contributed by atoms with Crippen LogP contribution in [-0.2, 0) is 10.0 Å². The van der Waals surface area contributed by atoms with Crippen LogP contribution in [0.25, 0.3) is 0 Å². The normalized spacial score (nSPS) is 11.1. The second kappa shape index (κ2) is 6.97. The topological polar surface area (TPSA) is 75.3 Å². The molecule has 0 aromatic heterocycles. The van der Waals surface area contributed by atoms with Crippen LogP contribution in [0.15, 0.2) is 36.4 Å². The molecule has 0 fully saturated rings. The van der Waals surface area contributed by atoms with Gasteiger partial charge in [-0.1, -0.05) is 34.8 Å². The predicted octanol–water partition coefficient (Wildman–Crippen LogP) is 4.27. The number of amides is 1. The van der Waals surface area contributed by atoms with Crippen LogP contribution in [0.1, 0.15) is 10.4 Å². The van der Waals surface area contributed by atoms with Crippen molar-refractivity contribution in [1.29, 1.82) is 0 Å². The summed E-state index contributed by atoms with van der Waals surface area (Å²) in [4.78, 5) is 12.3. The first-order valence-corrected chi connectivity index (χ1v) is 9.22. The molecule has 0 saturated carbocycles. The Morgan fingerprint density at radius 3 is 2.26 bits per heavy atom. The Labute approximate surface area is 148 Å². The van der Waals surface area contributed by atoms with E-state index in [-0.39, 0.29) is 21.3 Å². The fourth-order valence-corrected chi connectivity index (χ4v) is 2.97. The van der Waals surface area contributed by atoms with Gasteiger partial charge in [0.1, 0.15) is 0 Å². The number of benzene rings is 2. The molecule has 0 radical (unpaired) electrons. The lowest BCUT2D eigenvalue weighted by atomic mass is 10.2. The zero-order valence-electron chi connectivity index (χ0n) is 11.7. The molecule has 0 bridgehead atoms. The molecule has 0 spiro atoms. The highest BCUT2D eigenvalue weighted by molar-refractivity contribution is 7.92. The van der Waals surface area contributed by atoms with Gasteiger partial charge in [-0.2, -0.15) is 0 Å². The molecule has 0 aliphatic rings. The van der Waals surface area contributed by atoms with E-state index in [1.54, 1.807) is 12.1 Å². The molecule has 2 aromatic carbocycles. The van der Waals surface area contributed by atoms with Crippen molar-refractivity contribution in [1.82, 2.24) is 0 Å². The largest absolute Gasteiger partial charge is 0.321 e. The molecule has 0 heterocycles. The number of rotatable bonds is 4. The van der Waals surface area contributed by atoms with Gasteiger partial charge in [-0.3, -0.25) is 9.52 Å². The summed E-state index contributed by atoms with van der Waals surface area (Å²) >= 11 is 17.7. The Balaban J connectivity index is 2.27. The van der Waals surface area contributed by atoms with Gasteiger partial charge >= 0.3 is 0 Å². The second-order valence-corrected chi connectivity index (χ2v) is 7.65. The van der Waals surface area contributed by atoms with Gasteiger partial charge in [0.15, 0.2) is 0 Å². The van der Waals surface area contributed by atoms with Crippen molar-refractivity contribution in [2.24, 2.45) is 0 Å². The Morgan fingerprint density at radius 1 is 0.957 bits per heavy atom. The van der Waals surface area contributed by atoms with Crippen LogP contribution in [0.2, 0.25) is 15.1 Å². The van der Waals surface area contributed by atoms with Crippen LogP contribution in [0, 0.1) is 0 Å². The molecule has 2 rings (SSSR count). The average Bonchev–Trinajstić information content (AvgIpc) is 2.42. The molecule has 0 atom stereocenters. The monoisotopic (exact) mass is 392 g/mol. The number of anilines is 2. The van der Waals surface area contributed by atoms with Gasteiger partial charge in [-0.05, 0) is 36.4 Å². The van der Waals surface area contributed by atoms with Crippen molar-refractivity contribution < 1.29 is 13.2 Å². The summed E-state index contributed by atoms with van der Waals surface area (Å²) in [5, 5.41) is 3.52. The molecule has 1 amide bonds. The van der Waals surface area contributed by atoms with Gasteiger partial charge in [-0.25, -0.2) is 8.42 Å². The van der Waals surface area contributed by atoms with E-state index in [9.17, 15) is 13.2 Å². The molecule has 2 N–H and O–H groups in total. The van der Waals surface area contributed by atoms with E-state index in [1.807, 2.05) is 0 Å². The van der Waals surface area contributed by atoms with Crippen molar-refractivity contribution in [3.05, 3.63) is 57.0 Å². The van der Waals surface area contributed by atoms with E-state index in [0.29, 0.717) is 10.7 Å². The van der Waals surface area contributed by atoms with E-state index in [4.69, 9.17) is 34.8 Å². The maximum Gasteiger partial charge on any atom is 0.255 e. The molecule has 0 aliphatic heterocycles. The van der Waals surface area contributed by atoms with Crippen LogP contribution in [-0.4, -0.2) is 20.6 Å². The summed E-state index contributed by atoms with van der Waals surface area (Å²) in [5.74, 6) is -0.470. The molecule has 5 nitrogen and oxygen atoms in total. The van der Waals surface area contributed by atoms with Crippen molar-refractivity contribution in [3.8, 4) is 0 Å². The van der Waals surface area contributed by atoms with Gasteiger partial charge in [-0.15, -0.1) is 0 Å². The number of halogens is 3. The highest BCUT2D eigenvalue weighted by Crippen LogP contribution is 2.27. The summed E-state index contributed by atoms with van der Waals surface area (Å²) in [5.41, 5.74) is 0.712. The summed E-state index contributed by atoms with van der Waals surface area (Å²) in [6, 6.07) is 8.87. The lowest BCUT2D eigenvalue weighted by molar-refractivity contribution is 0.102. The molecule has 122 valence electrons. The smallest absolute Gasteiger partial charge is 0.255 e. The van der Waals surface area contributed by atoms with Crippen molar-refractivity contribution in [3.63, 3.8) is 0 Å². The Hall–Kier alpha value is -1.47. The predicted molar refractivity (Wildman–Crippen MR) is 94.3 cm³/mol. The molecular weight excluding hydrogens is 383 g/mol. The van der Waals surface area contributed by atoms with Crippen LogP contribution < -0.4 is 10.0 Å². The summed E-state index contributed by atoms with van der Waals surface area (Å²) in [6.07, 6.45) is 0.990. The minimum absolute atomic E-state index is 0.115. The molecule has 9 heteroatoms. The van der Waals surface area contributed by atoms with Crippen LogP contribution in [0.5, 0.6) is 0 Å². The van der Waals surface area contributed by atoms with Crippen molar-refractivity contribution in [2.75, 3.05) is 16.3 Å². The molecule has 0 saturated heterocycles. The van der Waals surface area contributed by atoms with Gasteiger partial charge < -0.3 is 5.32 Å². The Bertz CT molecular complexity index is 870. The van der Waals surface area contributed by atoms with Gasteiger partial charge in [0.05, 0.1) is 27.7 Å². The average molecular weight is 394 g/mol. The Kier molecular flexibility index (Phi) is 5.41. The number of hydrogen-bond donors (Lipinski definition) is 2. The van der Waals surface area contributed by atoms with E-state index in [2.05, 4.69) is 10.0 Å². The SMILES string of the molecule is CS(=O)(=O)Nc1cc(C(=O)Nc2ccc(Cl)cc2Cl)ccc1Cl. The zero-order chi connectivity index (χ0) is 17.2. The number of carbonyl (C=O) groups is 1. The van der Waals surface area contributed by atoms with E-state index < -0.39 is 15.9 Å². The maximum absolute atomic E-state index is 12.3. The van der Waals surface area contributed by atoms with Gasteiger partial charge in [0, 0.05) is 10.6 Å². The highest BCUT2D eigenvalue weighted by atomic mass is 35.5. The van der Waals surface area contributed by atoms with Crippen molar-refractivity contribution >= 4 is 62.1 Å². The summed E-state index contributed by atoms with van der Waals surface area (Å²) < 4.78 is 24.8. The molecule has 2 aromatic rings. The quantitative estimate of drug-likeness (QED) is 0.814. The zero-order valence-corrected chi connectivity index (χ0v) is 14.8. The molecule has 0 unspecified atom stereocenters. The molecule has 0 aliphatic carbocycles. The number of sulfonamides is 1. The maximum atomic E-state index is 12.3. The fraction of sp³-hybridized carbons (Fsp3) is 0.0714. The van der Waals surface area contributed by atoms with Crippen LogP contribution in [0.4, 0.5) is 11.4 Å². The van der Waals surface area contributed by atoms with E-state index >= 15 is 0 Å². The molecule has 23 heavy (non-hydrogen) atoms. The third-order valence-electron chi connectivity index (χ3n) is 2.70. The third kappa shape index (κ3) is 5.00. The first kappa shape index (κ1) is 17.9. The lowest BCUT2D eigenvalue weighted by Crippen LogP contribution is -2.14. The number of nitrogens with one attached hydrogen (secondary N) is 2. The van der Waals surface area contributed by atoms with Crippen molar-refractivity contribution in [2.45, 2.75) is 0 Å². The number of hydrogen-bond acceptors (Lipinski definition) is 3. The first-order chi connectivity index (χ1) is 10.7. The second-order valence-electron chi connectivity index (χ2n) is 4.65. The van der Waals surface area contributed by atoms with Crippen LogP contribution in [0.3, 0.4) is 0 Å². The number of carbonyl (C=O) groups excluding carboxylic acids is 1. The standard InChI is InChI=1S/C14H11Cl3N2O3S/c1-23(21,22)19-13-6-8(2-4-10(13)16)14(20)18-12-5-3-9(15)7-11(12)17/h2-7,19H,1H3,(H,18,20). The third-order valence-corrected chi connectivity index (χ3v) is 4.17. The lowest BCUT2D eigenvalue weighted by Gasteiger charge is -2.10. The fourth-order valence-electron chi connectivity index (χ4n) is 1.73. The van der Waals surface area contributed by atoms with E-state index in [0.717, 1.165) is 6.26 Å². The highest BCUT2D eigenvalue weighted by Gasteiger charge is 2.13. The van der Waals surface area contributed by atoms with Gasteiger partial charge in [0.2, 0.25) is 10.0 Å².